The molecule has 1 aromatic heterocycles. The highest BCUT2D eigenvalue weighted by molar-refractivity contribution is 5.89. The van der Waals surface area contributed by atoms with E-state index in [4.69, 9.17) is 18.7 Å². The Morgan fingerprint density at radius 3 is 2.70 bits per heavy atom. The molecule has 3 aliphatic carbocycles. The second kappa shape index (κ2) is 10.7. The Bertz CT molecular complexity index is 1720. The fraction of sp³-hybridized carbons (Fsp3) is 0.514. The number of ether oxygens (including phenoxy) is 3. The van der Waals surface area contributed by atoms with E-state index in [1.807, 2.05) is 36.4 Å². The van der Waals surface area contributed by atoms with Gasteiger partial charge in [-0.15, -0.1) is 0 Å². The summed E-state index contributed by atoms with van der Waals surface area (Å²) in [6.07, 6.45) is 2.64. The van der Waals surface area contributed by atoms with Gasteiger partial charge in [0.25, 0.3) is 5.89 Å². The minimum atomic E-state index is -1.02. The molecule has 5 atom stereocenters. The Kier molecular flexibility index (Phi) is 6.75. The van der Waals surface area contributed by atoms with Crippen LogP contribution in [0.5, 0.6) is 11.5 Å². The van der Waals surface area contributed by atoms with Crippen LogP contribution in [0.3, 0.4) is 0 Å². The van der Waals surface area contributed by atoms with Crippen LogP contribution in [-0.2, 0) is 31.7 Å². The number of hydrogen-bond acceptors (Lipinski definition) is 10. The largest absolute Gasteiger partial charge is 0.477 e. The summed E-state index contributed by atoms with van der Waals surface area (Å²) in [5.41, 5.74) is 1.16. The third-order valence-corrected chi connectivity index (χ3v) is 10.6. The maximum Gasteiger partial charge on any atom is 0.408 e. The molecule has 3 fully saturated rings. The number of likely N-dealkylation sites (tertiary alicyclic amines) is 1. The summed E-state index contributed by atoms with van der Waals surface area (Å²) in [4.78, 5) is 46.7. The molecular weight excluding hydrogens is 588 g/mol. The summed E-state index contributed by atoms with van der Waals surface area (Å²) >= 11 is 0. The van der Waals surface area contributed by atoms with Gasteiger partial charge in [-0.25, -0.2) is 4.79 Å². The first kappa shape index (κ1) is 29.2. The number of piperidine rings is 1. The molecule has 46 heavy (non-hydrogen) atoms. The number of amides is 1. The maximum atomic E-state index is 13.9. The number of nitrogens with zero attached hydrogens (tertiary/aromatic N) is 3. The molecule has 3 aromatic rings. The number of nitrogens with one attached hydrogen (secondary N) is 1. The van der Waals surface area contributed by atoms with Gasteiger partial charge in [-0.2, -0.15) is 4.98 Å². The van der Waals surface area contributed by atoms with Gasteiger partial charge in [-0.05, 0) is 70.0 Å². The van der Waals surface area contributed by atoms with E-state index in [0.29, 0.717) is 36.1 Å². The molecule has 5 aliphatic rings. The molecule has 1 N–H and O–H groups in total. The molecule has 3 heterocycles. The third kappa shape index (κ3) is 4.70. The highest BCUT2D eigenvalue weighted by atomic mass is 16.6. The zero-order valence-electron chi connectivity index (χ0n) is 26.3. The number of aromatic nitrogens is 2. The molecule has 1 unspecified atom stereocenters. The van der Waals surface area contributed by atoms with Crippen LogP contribution in [0.1, 0.15) is 69.9 Å². The van der Waals surface area contributed by atoms with Gasteiger partial charge in [-0.3, -0.25) is 14.5 Å². The van der Waals surface area contributed by atoms with Crippen molar-refractivity contribution in [3.05, 3.63) is 59.5 Å². The SMILES string of the molecule is CC(=O)Oc1ccc2c3c1O[C@H]1C(=O)CC[C@H](OC(=O)NC(C)(C)c4nc(-c5ccccc5)no4)C4[C@@H](C2)N(CC2CC2)CC[C@@]341. The summed E-state index contributed by atoms with van der Waals surface area (Å²) in [5.74, 6) is 1.55. The fourth-order valence-corrected chi connectivity index (χ4v) is 8.48. The lowest BCUT2D eigenvalue weighted by atomic mass is 9.54. The van der Waals surface area contributed by atoms with Crippen LogP contribution >= 0.6 is 0 Å². The molecule has 8 rings (SSSR count). The van der Waals surface area contributed by atoms with E-state index in [1.54, 1.807) is 19.9 Å². The zero-order valence-corrected chi connectivity index (χ0v) is 26.3. The van der Waals surface area contributed by atoms with E-state index in [9.17, 15) is 14.4 Å². The Balaban J connectivity index is 1.12. The van der Waals surface area contributed by atoms with Crippen LogP contribution < -0.4 is 14.8 Å². The second-order valence-electron chi connectivity index (χ2n) is 14.0. The maximum absolute atomic E-state index is 13.9. The van der Waals surface area contributed by atoms with E-state index in [0.717, 1.165) is 36.2 Å². The molecular formula is C35H38N4O7. The molecule has 0 radical (unpaired) electrons. The van der Waals surface area contributed by atoms with Crippen molar-refractivity contribution in [1.29, 1.82) is 0 Å². The predicted octanol–water partition coefficient (Wildman–Crippen LogP) is 4.71. The Morgan fingerprint density at radius 1 is 1.13 bits per heavy atom. The second-order valence-corrected chi connectivity index (χ2v) is 14.0. The van der Waals surface area contributed by atoms with Crippen molar-refractivity contribution in [2.75, 3.05) is 13.1 Å². The lowest BCUT2D eigenvalue weighted by molar-refractivity contribution is -0.132. The Morgan fingerprint density at radius 2 is 1.93 bits per heavy atom. The number of rotatable bonds is 7. The Hall–Kier alpha value is -4.25. The van der Waals surface area contributed by atoms with Crippen LogP contribution in [0.25, 0.3) is 11.4 Å². The topological polar surface area (TPSA) is 133 Å². The number of esters is 1. The average Bonchev–Trinajstić information content (AvgIpc) is 3.59. The van der Waals surface area contributed by atoms with Gasteiger partial charge in [0.1, 0.15) is 11.6 Å². The van der Waals surface area contributed by atoms with Gasteiger partial charge < -0.3 is 24.1 Å². The van der Waals surface area contributed by atoms with Gasteiger partial charge in [0.2, 0.25) is 5.82 Å². The summed E-state index contributed by atoms with van der Waals surface area (Å²) in [6, 6.07) is 13.4. The number of Topliss-reactive ketones (excluding diaryl/α,β-unsaturated/α-hetero) is 1. The number of hydrogen-bond donors (Lipinski definition) is 1. The van der Waals surface area contributed by atoms with E-state index in [2.05, 4.69) is 20.4 Å². The first-order valence-electron chi connectivity index (χ1n) is 16.3. The van der Waals surface area contributed by atoms with Crippen molar-refractivity contribution in [3.63, 3.8) is 0 Å². The van der Waals surface area contributed by atoms with Gasteiger partial charge in [-0.1, -0.05) is 41.6 Å². The first-order chi connectivity index (χ1) is 22.1. The minimum absolute atomic E-state index is 0.0108. The first-order valence-corrected chi connectivity index (χ1v) is 16.3. The molecule has 2 aliphatic heterocycles. The standard InChI is InChI=1S/C35H38N4O7/c1-19(40)43-26-13-11-22-17-23-28-25(44-33(42)37-34(2,3)32-36-31(38-46-32)21-7-5-4-6-8-21)14-12-24(41)30-35(28,27(22)29(26)45-30)15-16-39(23)18-20-9-10-20/h4-8,11,13,20,23,25,28,30H,9-10,12,14-18H2,1-3H3,(H,37,42)/t23-,25+,28?,30+,35-/m1/s1. The fourth-order valence-electron chi connectivity index (χ4n) is 8.48. The number of carbonyl (C=O) groups excluding carboxylic acids is 3. The van der Waals surface area contributed by atoms with E-state index < -0.39 is 35.2 Å². The molecule has 2 saturated carbocycles. The quantitative estimate of drug-likeness (QED) is 0.290. The van der Waals surface area contributed by atoms with Crippen molar-refractivity contribution < 1.29 is 33.1 Å². The van der Waals surface area contributed by atoms with Crippen molar-refractivity contribution in [2.45, 2.75) is 88.5 Å². The monoisotopic (exact) mass is 626 g/mol. The lowest BCUT2D eigenvalue weighted by Crippen LogP contribution is -2.66. The summed E-state index contributed by atoms with van der Waals surface area (Å²) in [7, 11) is 0. The molecule has 1 saturated heterocycles. The van der Waals surface area contributed by atoms with Crippen LogP contribution in [0.4, 0.5) is 4.79 Å². The molecule has 1 amide bonds. The van der Waals surface area contributed by atoms with E-state index in [1.165, 1.54) is 19.8 Å². The van der Waals surface area contributed by atoms with Crippen molar-refractivity contribution in [2.24, 2.45) is 11.8 Å². The Labute approximate surface area is 267 Å². The highest BCUT2D eigenvalue weighted by Gasteiger charge is 2.68. The lowest BCUT2D eigenvalue weighted by Gasteiger charge is -2.56. The van der Waals surface area contributed by atoms with Gasteiger partial charge in [0.05, 0.1) is 5.41 Å². The molecule has 2 bridgehead atoms. The highest BCUT2D eigenvalue weighted by Crippen LogP contribution is 2.63. The van der Waals surface area contributed by atoms with Crippen LogP contribution in [0.2, 0.25) is 0 Å². The third-order valence-electron chi connectivity index (χ3n) is 10.6. The number of carbonyl (C=O) groups is 3. The predicted molar refractivity (Wildman–Crippen MR) is 164 cm³/mol. The van der Waals surface area contributed by atoms with Gasteiger partial charge >= 0.3 is 12.1 Å². The van der Waals surface area contributed by atoms with E-state index >= 15 is 0 Å². The number of ketones is 1. The molecule has 2 aromatic carbocycles. The zero-order chi connectivity index (χ0) is 31.8. The molecule has 11 heteroatoms. The number of benzene rings is 2. The van der Waals surface area contributed by atoms with Crippen molar-refractivity contribution in [1.82, 2.24) is 20.4 Å². The van der Waals surface area contributed by atoms with Crippen LogP contribution in [0.15, 0.2) is 47.0 Å². The van der Waals surface area contributed by atoms with Gasteiger partial charge in [0.15, 0.2) is 23.4 Å². The average molecular weight is 627 g/mol. The smallest absolute Gasteiger partial charge is 0.408 e. The normalized spacial score (nSPS) is 28.1. The van der Waals surface area contributed by atoms with Gasteiger partial charge in [0, 0.05) is 43.0 Å². The molecule has 240 valence electrons. The summed E-state index contributed by atoms with van der Waals surface area (Å²) < 4.78 is 24.0. The van der Waals surface area contributed by atoms with Crippen LogP contribution in [0, 0.1) is 11.8 Å². The minimum Gasteiger partial charge on any atom is -0.477 e. The molecule has 11 nitrogen and oxygen atoms in total. The van der Waals surface area contributed by atoms with Crippen molar-refractivity contribution >= 4 is 17.8 Å². The van der Waals surface area contributed by atoms with Crippen molar-refractivity contribution in [3.8, 4) is 22.9 Å². The van der Waals surface area contributed by atoms with E-state index in [-0.39, 0.29) is 30.1 Å². The van der Waals surface area contributed by atoms with Crippen LogP contribution in [-0.4, -0.2) is 64.2 Å². The summed E-state index contributed by atoms with van der Waals surface area (Å²) in [5, 5.41) is 7.08. The number of alkyl carbamates (subject to hydrolysis) is 1. The molecule has 1 spiro atoms. The summed E-state index contributed by atoms with van der Waals surface area (Å²) in [6.45, 7) is 6.77.